The van der Waals surface area contributed by atoms with Crippen LogP contribution < -0.4 is 5.73 Å². The predicted molar refractivity (Wildman–Crippen MR) is 60.9 cm³/mol. The topological polar surface area (TPSA) is 26.0 Å². The van der Waals surface area contributed by atoms with E-state index in [-0.39, 0.29) is 29.4 Å². The molecule has 15 heavy (non-hydrogen) atoms. The van der Waals surface area contributed by atoms with E-state index in [0.717, 1.165) is 0 Å². The molecule has 1 nitrogen and oxygen atoms in total. The molecule has 0 amide bonds. The molecular weight excluding hydrogens is 243 g/mol. The van der Waals surface area contributed by atoms with E-state index in [4.69, 9.17) is 17.3 Å². The lowest BCUT2D eigenvalue weighted by atomic mass is 10.0. The first-order chi connectivity index (χ1) is 6.57. The van der Waals surface area contributed by atoms with Gasteiger partial charge in [0.15, 0.2) is 0 Å². The van der Waals surface area contributed by atoms with Crippen molar-refractivity contribution in [2.75, 3.05) is 6.67 Å². The van der Waals surface area contributed by atoms with Crippen molar-refractivity contribution in [3.8, 4) is 0 Å². The van der Waals surface area contributed by atoms with E-state index in [1.165, 1.54) is 0 Å². The van der Waals surface area contributed by atoms with Crippen molar-refractivity contribution in [3.63, 3.8) is 0 Å². The zero-order valence-corrected chi connectivity index (χ0v) is 9.84. The van der Waals surface area contributed by atoms with Crippen LogP contribution in [0, 0.1) is 12.7 Å². The Balaban J connectivity index is 0.00000196. The van der Waals surface area contributed by atoms with Gasteiger partial charge in [-0.05, 0) is 25.0 Å². The minimum Gasteiger partial charge on any atom is -0.324 e. The monoisotopic (exact) mass is 255 g/mol. The highest BCUT2D eigenvalue weighted by Crippen LogP contribution is 2.28. The van der Waals surface area contributed by atoms with Crippen molar-refractivity contribution in [3.05, 3.63) is 34.1 Å². The number of aryl methyl sites for hydroxylation is 1. The fraction of sp³-hybridized carbons (Fsp3) is 0.400. The second kappa shape index (κ2) is 6.26. The van der Waals surface area contributed by atoms with Gasteiger partial charge in [-0.3, -0.25) is 4.39 Å². The lowest BCUT2D eigenvalue weighted by Gasteiger charge is -2.14. The van der Waals surface area contributed by atoms with E-state index in [0.29, 0.717) is 5.56 Å². The van der Waals surface area contributed by atoms with Crippen LogP contribution in [0.1, 0.15) is 23.6 Å². The van der Waals surface area contributed by atoms with E-state index < -0.39 is 18.5 Å². The maximum absolute atomic E-state index is 13.5. The molecule has 0 heterocycles. The van der Waals surface area contributed by atoms with Gasteiger partial charge in [0.2, 0.25) is 0 Å². The van der Waals surface area contributed by atoms with Crippen LogP contribution in [0.25, 0.3) is 0 Å². The summed E-state index contributed by atoms with van der Waals surface area (Å²) in [7, 11) is 0. The van der Waals surface area contributed by atoms with Crippen LogP contribution in [0.3, 0.4) is 0 Å². The van der Waals surface area contributed by atoms with Crippen LogP contribution in [0.2, 0.25) is 5.02 Å². The number of halogens is 4. The molecule has 1 aromatic carbocycles. The van der Waals surface area contributed by atoms with Gasteiger partial charge >= 0.3 is 0 Å². The fourth-order valence-electron chi connectivity index (χ4n) is 1.28. The van der Waals surface area contributed by atoms with E-state index in [1.54, 1.807) is 19.1 Å². The molecule has 0 saturated carbocycles. The highest BCUT2D eigenvalue weighted by molar-refractivity contribution is 6.31. The summed E-state index contributed by atoms with van der Waals surface area (Å²) in [6.07, 6.45) is 0.0834. The Morgan fingerprint density at radius 3 is 2.60 bits per heavy atom. The third-order valence-corrected chi connectivity index (χ3v) is 2.44. The largest absolute Gasteiger partial charge is 0.324 e. The molecule has 1 rings (SSSR count). The number of alkyl halides is 1. The molecule has 1 atom stereocenters. The average Bonchev–Trinajstić information content (AvgIpc) is 2.13. The molecule has 1 aromatic rings. The van der Waals surface area contributed by atoms with Crippen LogP contribution in [0.4, 0.5) is 8.78 Å². The average molecular weight is 256 g/mol. The SMILES string of the molecule is Cc1ccc(Cl)c([C@H](N)CCF)c1F.Cl. The van der Waals surface area contributed by atoms with Gasteiger partial charge in [0.25, 0.3) is 0 Å². The van der Waals surface area contributed by atoms with E-state index in [1.807, 2.05) is 0 Å². The first-order valence-electron chi connectivity index (χ1n) is 4.34. The molecule has 0 aliphatic carbocycles. The molecule has 2 N–H and O–H groups in total. The Hall–Kier alpha value is -0.380. The quantitative estimate of drug-likeness (QED) is 0.878. The van der Waals surface area contributed by atoms with Crippen LogP contribution in [0.5, 0.6) is 0 Å². The summed E-state index contributed by atoms with van der Waals surface area (Å²) in [4.78, 5) is 0. The number of rotatable bonds is 3. The molecular formula is C10H13Cl2F2N. The van der Waals surface area contributed by atoms with Gasteiger partial charge in [-0.25, -0.2) is 4.39 Å². The van der Waals surface area contributed by atoms with Gasteiger partial charge in [-0.15, -0.1) is 12.4 Å². The van der Waals surface area contributed by atoms with Crippen molar-refractivity contribution in [2.24, 2.45) is 5.73 Å². The summed E-state index contributed by atoms with van der Waals surface area (Å²) in [5, 5.41) is 0.258. The van der Waals surface area contributed by atoms with Gasteiger partial charge < -0.3 is 5.73 Å². The standard InChI is InChI=1S/C10H12ClF2N.ClH/c1-6-2-3-7(11)9(10(6)13)8(14)4-5-12;/h2-3,8H,4-5,14H2,1H3;1H/t8-;/m1./s1. The van der Waals surface area contributed by atoms with Crippen molar-refractivity contribution >= 4 is 24.0 Å². The third kappa shape index (κ3) is 3.30. The van der Waals surface area contributed by atoms with Gasteiger partial charge in [-0.1, -0.05) is 17.7 Å². The van der Waals surface area contributed by atoms with Crippen LogP contribution in [-0.4, -0.2) is 6.67 Å². The Morgan fingerprint density at radius 1 is 1.47 bits per heavy atom. The van der Waals surface area contributed by atoms with Crippen LogP contribution in [0.15, 0.2) is 12.1 Å². The van der Waals surface area contributed by atoms with Gasteiger partial charge in [-0.2, -0.15) is 0 Å². The molecule has 0 aliphatic heterocycles. The highest BCUT2D eigenvalue weighted by Gasteiger charge is 2.16. The maximum atomic E-state index is 13.5. The van der Waals surface area contributed by atoms with Crippen molar-refractivity contribution in [2.45, 2.75) is 19.4 Å². The fourth-order valence-corrected chi connectivity index (χ4v) is 1.57. The Labute approximate surface area is 99.0 Å². The lowest BCUT2D eigenvalue weighted by molar-refractivity contribution is 0.434. The molecule has 86 valence electrons. The molecule has 0 aromatic heterocycles. The second-order valence-corrected chi connectivity index (χ2v) is 3.58. The van der Waals surface area contributed by atoms with Crippen molar-refractivity contribution < 1.29 is 8.78 Å². The highest BCUT2D eigenvalue weighted by atomic mass is 35.5. The zero-order valence-electron chi connectivity index (χ0n) is 8.27. The Morgan fingerprint density at radius 2 is 2.07 bits per heavy atom. The summed E-state index contributed by atoms with van der Waals surface area (Å²) in [5.74, 6) is -0.432. The predicted octanol–water partition coefficient (Wildman–Crippen LogP) is 3.57. The van der Waals surface area contributed by atoms with E-state index in [9.17, 15) is 8.78 Å². The minimum absolute atomic E-state index is 0. The van der Waals surface area contributed by atoms with Crippen molar-refractivity contribution in [1.29, 1.82) is 0 Å². The first kappa shape index (κ1) is 14.6. The number of nitrogens with two attached hydrogens (primary N) is 1. The number of hydrogen-bond acceptors (Lipinski definition) is 1. The lowest BCUT2D eigenvalue weighted by Crippen LogP contribution is -2.14. The maximum Gasteiger partial charge on any atom is 0.132 e. The smallest absolute Gasteiger partial charge is 0.132 e. The minimum atomic E-state index is -0.674. The summed E-state index contributed by atoms with van der Waals surface area (Å²) in [5.41, 5.74) is 6.29. The van der Waals surface area contributed by atoms with Crippen LogP contribution >= 0.6 is 24.0 Å². The number of hydrogen-bond donors (Lipinski definition) is 1. The zero-order chi connectivity index (χ0) is 10.7. The van der Waals surface area contributed by atoms with Crippen molar-refractivity contribution in [1.82, 2.24) is 0 Å². The summed E-state index contributed by atoms with van der Waals surface area (Å²) in [6, 6.07) is 2.48. The second-order valence-electron chi connectivity index (χ2n) is 3.18. The van der Waals surface area contributed by atoms with Crippen LogP contribution in [-0.2, 0) is 0 Å². The molecule has 0 bridgehead atoms. The van der Waals surface area contributed by atoms with Gasteiger partial charge in [0.05, 0.1) is 6.67 Å². The summed E-state index contributed by atoms with van der Waals surface area (Å²) >= 11 is 5.79. The number of benzene rings is 1. The molecule has 5 heteroatoms. The first-order valence-corrected chi connectivity index (χ1v) is 4.71. The summed E-state index contributed by atoms with van der Waals surface area (Å²) in [6.45, 7) is 1.04. The molecule has 0 fully saturated rings. The molecule has 0 saturated heterocycles. The van der Waals surface area contributed by atoms with E-state index in [2.05, 4.69) is 0 Å². The summed E-state index contributed by atoms with van der Waals surface area (Å²) < 4.78 is 25.6. The Kier molecular flexibility index (Phi) is 6.10. The Bertz CT molecular complexity index is 331. The van der Waals surface area contributed by atoms with Gasteiger partial charge in [0, 0.05) is 16.6 Å². The van der Waals surface area contributed by atoms with Gasteiger partial charge in [0.1, 0.15) is 5.82 Å². The third-order valence-electron chi connectivity index (χ3n) is 2.11. The molecule has 0 aliphatic rings. The molecule has 0 spiro atoms. The molecule has 0 radical (unpaired) electrons. The van der Waals surface area contributed by atoms with E-state index >= 15 is 0 Å². The molecule has 0 unspecified atom stereocenters. The normalized spacial score (nSPS) is 12.1.